The van der Waals surface area contributed by atoms with Crippen LogP contribution in [0.1, 0.15) is 25.3 Å². The van der Waals surface area contributed by atoms with Crippen LogP contribution >= 0.6 is 0 Å². The van der Waals surface area contributed by atoms with E-state index in [4.69, 9.17) is 9.47 Å². The zero-order valence-electron chi connectivity index (χ0n) is 12.6. The standard InChI is InChI=1S/C16H22FNO3/c1-3-21-16(19)13-7-5-9-18(11-13)10-12-6-4-8-14(20-2)15(12)17/h4,6,8,13H,3,5,7,9-11H2,1-2H3/t13-/m0/s1. The molecule has 1 aromatic rings. The van der Waals surface area contributed by atoms with E-state index in [2.05, 4.69) is 4.90 Å². The summed E-state index contributed by atoms with van der Waals surface area (Å²) in [7, 11) is 1.46. The molecule has 116 valence electrons. The Bertz CT molecular complexity index is 492. The molecule has 4 nitrogen and oxygen atoms in total. The first kappa shape index (κ1) is 15.8. The van der Waals surface area contributed by atoms with Gasteiger partial charge in [-0.1, -0.05) is 12.1 Å². The van der Waals surface area contributed by atoms with Crippen molar-refractivity contribution in [2.45, 2.75) is 26.3 Å². The van der Waals surface area contributed by atoms with Crippen LogP contribution in [0, 0.1) is 11.7 Å². The van der Waals surface area contributed by atoms with Crippen LogP contribution in [0.25, 0.3) is 0 Å². The smallest absolute Gasteiger partial charge is 0.310 e. The number of ether oxygens (including phenoxy) is 2. The van der Waals surface area contributed by atoms with Gasteiger partial charge in [-0.25, -0.2) is 4.39 Å². The van der Waals surface area contributed by atoms with Crippen LogP contribution in [0.4, 0.5) is 4.39 Å². The van der Waals surface area contributed by atoms with Crippen LogP contribution in [0.15, 0.2) is 18.2 Å². The molecule has 0 unspecified atom stereocenters. The summed E-state index contributed by atoms with van der Waals surface area (Å²) in [6, 6.07) is 5.15. The molecular weight excluding hydrogens is 273 g/mol. The van der Waals surface area contributed by atoms with E-state index in [0.717, 1.165) is 19.4 Å². The normalized spacial score (nSPS) is 19.3. The third kappa shape index (κ3) is 3.94. The molecule has 1 fully saturated rings. The second-order valence-electron chi connectivity index (χ2n) is 5.26. The minimum absolute atomic E-state index is 0.104. The number of esters is 1. The topological polar surface area (TPSA) is 38.8 Å². The van der Waals surface area contributed by atoms with Gasteiger partial charge in [-0.3, -0.25) is 9.69 Å². The van der Waals surface area contributed by atoms with Crippen molar-refractivity contribution in [3.05, 3.63) is 29.6 Å². The fourth-order valence-corrected chi connectivity index (χ4v) is 2.73. The van der Waals surface area contributed by atoms with Gasteiger partial charge in [0.05, 0.1) is 19.6 Å². The fraction of sp³-hybridized carbons (Fsp3) is 0.562. The average molecular weight is 295 g/mol. The van der Waals surface area contributed by atoms with Gasteiger partial charge in [-0.2, -0.15) is 0 Å². The Labute approximate surface area is 124 Å². The quantitative estimate of drug-likeness (QED) is 0.783. The molecule has 0 N–H and O–H groups in total. The van der Waals surface area contributed by atoms with Crippen molar-refractivity contribution in [3.8, 4) is 5.75 Å². The van der Waals surface area contributed by atoms with E-state index in [1.807, 2.05) is 6.92 Å². The maximum absolute atomic E-state index is 14.2. The first-order valence-electron chi connectivity index (χ1n) is 7.36. The Morgan fingerprint density at radius 3 is 3.00 bits per heavy atom. The Morgan fingerprint density at radius 2 is 2.29 bits per heavy atom. The number of rotatable bonds is 5. The van der Waals surface area contributed by atoms with E-state index >= 15 is 0 Å². The number of methoxy groups -OCH3 is 1. The third-order valence-corrected chi connectivity index (χ3v) is 3.78. The predicted molar refractivity (Wildman–Crippen MR) is 77.6 cm³/mol. The van der Waals surface area contributed by atoms with Gasteiger partial charge in [0.25, 0.3) is 0 Å². The monoisotopic (exact) mass is 295 g/mol. The van der Waals surface area contributed by atoms with Crippen LogP contribution < -0.4 is 4.74 Å². The average Bonchev–Trinajstić information content (AvgIpc) is 2.50. The molecular formula is C16H22FNO3. The molecule has 0 saturated carbocycles. The van der Waals surface area contributed by atoms with E-state index in [1.165, 1.54) is 7.11 Å². The number of nitrogens with zero attached hydrogens (tertiary/aromatic N) is 1. The molecule has 0 aliphatic carbocycles. The van der Waals surface area contributed by atoms with Crippen molar-refractivity contribution in [2.75, 3.05) is 26.8 Å². The summed E-state index contributed by atoms with van der Waals surface area (Å²) in [6.07, 6.45) is 1.77. The molecule has 0 radical (unpaired) electrons. The number of benzene rings is 1. The number of carbonyl (C=O) groups excluding carboxylic acids is 1. The minimum Gasteiger partial charge on any atom is -0.494 e. The number of hydrogen-bond donors (Lipinski definition) is 0. The molecule has 1 aliphatic heterocycles. The lowest BCUT2D eigenvalue weighted by atomic mass is 9.97. The lowest BCUT2D eigenvalue weighted by Gasteiger charge is -2.31. The van der Waals surface area contributed by atoms with Gasteiger partial charge in [0, 0.05) is 18.7 Å². The Morgan fingerprint density at radius 1 is 1.48 bits per heavy atom. The van der Waals surface area contributed by atoms with Crippen molar-refractivity contribution >= 4 is 5.97 Å². The molecule has 1 heterocycles. The van der Waals surface area contributed by atoms with Crippen molar-refractivity contribution in [1.82, 2.24) is 4.90 Å². The summed E-state index contributed by atoms with van der Waals surface area (Å²) < 4.78 is 24.2. The highest BCUT2D eigenvalue weighted by atomic mass is 19.1. The van der Waals surface area contributed by atoms with E-state index in [0.29, 0.717) is 25.3 Å². The van der Waals surface area contributed by atoms with E-state index in [9.17, 15) is 9.18 Å². The van der Waals surface area contributed by atoms with Crippen molar-refractivity contribution in [1.29, 1.82) is 0 Å². The molecule has 1 aromatic carbocycles. The van der Waals surface area contributed by atoms with Crippen molar-refractivity contribution in [2.24, 2.45) is 5.92 Å². The summed E-state index contributed by atoms with van der Waals surface area (Å²) in [4.78, 5) is 13.9. The Balaban J connectivity index is 2.01. The minimum atomic E-state index is -0.321. The zero-order chi connectivity index (χ0) is 15.2. The highest BCUT2D eigenvalue weighted by Gasteiger charge is 2.27. The van der Waals surface area contributed by atoms with Crippen LogP contribution in [-0.4, -0.2) is 37.7 Å². The molecule has 0 bridgehead atoms. The van der Waals surface area contributed by atoms with Crippen molar-refractivity contribution < 1.29 is 18.7 Å². The molecule has 1 saturated heterocycles. The number of piperidine rings is 1. The van der Waals surface area contributed by atoms with Gasteiger partial charge < -0.3 is 9.47 Å². The molecule has 2 rings (SSSR count). The number of likely N-dealkylation sites (tertiary alicyclic amines) is 1. The lowest BCUT2D eigenvalue weighted by Crippen LogP contribution is -2.39. The summed E-state index contributed by atoms with van der Waals surface area (Å²) >= 11 is 0. The molecule has 21 heavy (non-hydrogen) atoms. The highest BCUT2D eigenvalue weighted by Crippen LogP contribution is 2.24. The van der Waals surface area contributed by atoms with Crippen LogP contribution in [0.2, 0.25) is 0 Å². The first-order valence-corrected chi connectivity index (χ1v) is 7.36. The van der Waals surface area contributed by atoms with E-state index in [1.54, 1.807) is 18.2 Å². The molecule has 1 atom stereocenters. The van der Waals surface area contributed by atoms with Gasteiger partial charge in [0.15, 0.2) is 11.6 Å². The fourth-order valence-electron chi connectivity index (χ4n) is 2.73. The summed E-state index contributed by atoms with van der Waals surface area (Å²) in [5, 5.41) is 0. The second-order valence-corrected chi connectivity index (χ2v) is 5.26. The summed E-state index contributed by atoms with van der Waals surface area (Å²) in [5.74, 6) is -0.314. The van der Waals surface area contributed by atoms with Crippen molar-refractivity contribution in [3.63, 3.8) is 0 Å². The van der Waals surface area contributed by atoms with E-state index in [-0.39, 0.29) is 23.5 Å². The summed E-state index contributed by atoms with van der Waals surface area (Å²) in [6.45, 7) is 4.19. The van der Waals surface area contributed by atoms with Gasteiger partial charge in [0.2, 0.25) is 0 Å². The van der Waals surface area contributed by atoms with Crippen LogP contribution in [-0.2, 0) is 16.1 Å². The van der Waals surface area contributed by atoms with Crippen LogP contribution in [0.3, 0.4) is 0 Å². The maximum atomic E-state index is 14.2. The van der Waals surface area contributed by atoms with Gasteiger partial charge in [0.1, 0.15) is 0 Å². The lowest BCUT2D eigenvalue weighted by molar-refractivity contribution is -0.150. The van der Waals surface area contributed by atoms with Gasteiger partial charge >= 0.3 is 5.97 Å². The molecule has 5 heteroatoms. The van der Waals surface area contributed by atoms with Gasteiger partial charge in [-0.15, -0.1) is 0 Å². The number of carbonyl (C=O) groups is 1. The Hall–Kier alpha value is -1.62. The molecule has 0 aromatic heterocycles. The number of hydrogen-bond acceptors (Lipinski definition) is 4. The maximum Gasteiger partial charge on any atom is 0.310 e. The number of halogens is 1. The molecule has 0 amide bonds. The zero-order valence-corrected chi connectivity index (χ0v) is 12.6. The SMILES string of the molecule is CCOC(=O)[C@H]1CCCN(Cc2cccc(OC)c2F)C1. The second kappa shape index (κ2) is 7.41. The molecule has 0 spiro atoms. The third-order valence-electron chi connectivity index (χ3n) is 3.78. The van der Waals surface area contributed by atoms with Crippen LogP contribution in [0.5, 0.6) is 5.75 Å². The molecule has 1 aliphatic rings. The van der Waals surface area contributed by atoms with E-state index < -0.39 is 0 Å². The predicted octanol–water partition coefficient (Wildman–Crippen LogP) is 2.61. The van der Waals surface area contributed by atoms with Gasteiger partial charge in [-0.05, 0) is 32.4 Å². The summed E-state index contributed by atoms with van der Waals surface area (Å²) in [5.41, 5.74) is 0.596. The largest absolute Gasteiger partial charge is 0.494 e. The first-order chi connectivity index (χ1) is 10.2. The highest BCUT2D eigenvalue weighted by molar-refractivity contribution is 5.72. The Kier molecular flexibility index (Phi) is 5.56.